The largest absolute Gasteiger partial charge is 0.330 e. The SMILES string of the molecule is NC[C@@H]1C[C@@H]1CN1Cc2ccccc2C1. The van der Waals surface area contributed by atoms with Gasteiger partial charge in [-0.2, -0.15) is 0 Å². The molecule has 1 aromatic carbocycles. The van der Waals surface area contributed by atoms with Crippen LogP contribution >= 0.6 is 0 Å². The first-order valence-corrected chi connectivity index (χ1v) is 5.86. The maximum Gasteiger partial charge on any atom is 0.0240 e. The molecule has 0 spiro atoms. The van der Waals surface area contributed by atoms with Crippen LogP contribution in [0.5, 0.6) is 0 Å². The minimum atomic E-state index is 0.814. The molecule has 0 aromatic heterocycles. The topological polar surface area (TPSA) is 29.3 Å². The lowest BCUT2D eigenvalue weighted by Crippen LogP contribution is -2.20. The molecule has 1 heterocycles. The van der Waals surface area contributed by atoms with Crippen molar-refractivity contribution in [3.63, 3.8) is 0 Å². The molecule has 15 heavy (non-hydrogen) atoms. The van der Waals surface area contributed by atoms with Crippen LogP contribution in [0, 0.1) is 11.8 Å². The fourth-order valence-corrected chi connectivity index (χ4v) is 2.69. The maximum absolute atomic E-state index is 5.66. The van der Waals surface area contributed by atoms with Gasteiger partial charge in [-0.05, 0) is 35.9 Å². The molecule has 1 fully saturated rings. The zero-order valence-electron chi connectivity index (χ0n) is 9.02. The van der Waals surface area contributed by atoms with Gasteiger partial charge in [0.15, 0.2) is 0 Å². The van der Waals surface area contributed by atoms with E-state index < -0.39 is 0 Å². The van der Waals surface area contributed by atoms with Gasteiger partial charge in [-0.25, -0.2) is 0 Å². The molecule has 2 atom stereocenters. The summed E-state index contributed by atoms with van der Waals surface area (Å²) >= 11 is 0. The molecule has 2 nitrogen and oxygen atoms in total. The van der Waals surface area contributed by atoms with E-state index in [4.69, 9.17) is 5.73 Å². The van der Waals surface area contributed by atoms with Crippen LogP contribution < -0.4 is 5.73 Å². The van der Waals surface area contributed by atoms with E-state index in [1.54, 1.807) is 0 Å². The first kappa shape index (κ1) is 9.37. The molecule has 1 aliphatic carbocycles. The van der Waals surface area contributed by atoms with Crippen molar-refractivity contribution in [2.45, 2.75) is 19.5 Å². The van der Waals surface area contributed by atoms with E-state index >= 15 is 0 Å². The fourth-order valence-electron chi connectivity index (χ4n) is 2.69. The highest BCUT2D eigenvalue weighted by Gasteiger charge is 2.37. The van der Waals surface area contributed by atoms with E-state index in [1.165, 1.54) is 24.1 Å². The summed E-state index contributed by atoms with van der Waals surface area (Å²) in [4.78, 5) is 2.56. The summed E-state index contributed by atoms with van der Waals surface area (Å²) in [6, 6.07) is 8.79. The number of fused-ring (bicyclic) bond motifs is 1. The highest BCUT2D eigenvalue weighted by atomic mass is 15.1. The number of nitrogens with zero attached hydrogens (tertiary/aromatic N) is 1. The van der Waals surface area contributed by atoms with E-state index in [2.05, 4.69) is 29.2 Å². The van der Waals surface area contributed by atoms with Crippen molar-refractivity contribution >= 4 is 0 Å². The fraction of sp³-hybridized carbons (Fsp3) is 0.538. The van der Waals surface area contributed by atoms with Crippen LogP contribution in [0.15, 0.2) is 24.3 Å². The third kappa shape index (κ3) is 1.80. The summed E-state index contributed by atoms with van der Waals surface area (Å²) in [7, 11) is 0. The van der Waals surface area contributed by atoms with Crippen LogP contribution in [-0.2, 0) is 13.1 Å². The first-order valence-electron chi connectivity index (χ1n) is 5.86. The Morgan fingerprint density at radius 2 is 1.80 bits per heavy atom. The molecule has 0 saturated heterocycles. The normalized spacial score (nSPS) is 29.1. The number of nitrogens with two attached hydrogens (primary N) is 1. The van der Waals surface area contributed by atoms with Crippen molar-refractivity contribution in [2.24, 2.45) is 17.6 Å². The van der Waals surface area contributed by atoms with E-state index in [0.717, 1.165) is 31.5 Å². The smallest absolute Gasteiger partial charge is 0.0240 e. The number of benzene rings is 1. The Kier molecular flexibility index (Phi) is 2.26. The Balaban J connectivity index is 1.60. The van der Waals surface area contributed by atoms with Gasteiger partial charge >= 0.3 is 0 Å². The predicted octanol–water partition coefficient (Wildman–Crippen LogP) is 1.60. The molecule has 1 aromatic rings. The van der Waals surface area contributed by atoms with E-state index in [9.17, 15) is 0 Å². The summed E-state index contributed by atoms with van der Waals surface area (Å²) < 4.78 is 0. The standard InChI is InChI=1S/C13H18N2/c14-6-12-5-13(12)9-15-7-10-3-1-2-4-11(10)8-15/h1-4,12-13H,5-9,14H2/t12-,13+/m0/s1. The molecule has 80 valence electrons. The van der Waals surface area contributed by atoms with Gasteiger partial charge in [-0.1, -0.05) is 24.3 Å². The predicted molar refractivity (Wildman–Crippen MR) is 61.2 cm³/mol. The van der Waals surface area contributed by atoms with Gasteiger partial charge in [0, 0.05) is 19.6 Å². The van der Waals surface area contributed by atoms with Crippen LogP contribution in [0.3, 0.4) is 0 Å². The van der Waals surface area contributed by atoms with Gasteiger partial charge in [0.05, 0.1) is 0 Å². The Morgan fingerprint density at radius 3 is 2.33 bits per heavy atom. The number of rotatable bonds is 3. The van der Waals surface area contributed by atoms with Gasteiger partial charge < -0.3 is 5.73 Å². The minimum absolute atomic E-state index is 0.814. The molecule has 0 unspecified atom stereocenters. The quantitative estimate of drug-likeness (QED) is 0.806. The highest BCUT2D eigenvalue weighted by Crippen LogP contribution is 2.39. The van der Waals surface area contributed by atoms with Crippen LogP contribution in [0.2, 0.25) is 0 Å². The van der Waals surface area contributed by atoms with Crippen molar-refractivity contribution in [2.75, 3.05) is 13.1 Å². The lowest BCUT2D eigenvalue weighted by Gasteiger charge is -2.14. The lowest BCUT2D eigenvalue weighted by molar-refractivity contribution is 0.267. The Morgan fingerprint density at radius 1 is 1.13 bits per heavy atom. The van der Waals surface area contributed by atoms with Crippen molar-refractivity contribution in [1.82, 2.24) is 4.90 Å². The average Bonchev–Trinajstić information content (AvgIpc) is 2.87. The Labute approximate surface area is 91.1 Å². The second-order valence-corrected chi connectivity index (χ2v) is 4.93. The minimum Gasteiger partial charge on any atom is -0.330 e. The molecule has 0 bridgehead atoms. The molecule has 3 rings (SSSR count). The maximum atomic E-state index is 5.66. The molecular weight excluding hydrogens is 184 g/mol. The third-order valence-corrected chi connectivity index (χ3v) is 3.77. The van der Waals surface area contributed by atoms with E-state index in [1.807, 2.05) is 0 Å². The molecule has 0 radical (unpaired) electrons. The van der Waals surface area contributed by atoms with Crippen LogP contribution in [0.1, 0.15) is 17.5 Å². The van der Waals surface area contributed by atoms with Crippen molar-refractivity contribution in [1.29, 1.82) is 0 Å². The zero-order valence-corrected chi connectivity index (χ0v) is 9.02. The monoisotopic (exact) mass is 202 g/mol. The first-order chi connectivity index (χ1) is 7.36. The van der Waals surface area contributed by atoms with E-state index in [-0.39, 0.29) is 0 Å². The highest BCUT2D eigenvalue weighted by molar-refractivity contribution is 5.30. The van der Waals surface area contributed by atoms with Crippen molar-refractivity contribution in [3.8, 4) is 0 Å². The summed E-state index contributed by atoms with van der Waals surface area (Å²) in [6.07, 6.45) is 1.35. The summed E-state index contributed by atoms with van der Waals surface area (Å²) in [5.41, 5.74) is 8.70. The second-order valence-electron chi connectivity index (χ2n) is 4.93. The number of hydrogen-bond donors (Lipinski definition) is 1. The summed E-state index contributed by atoms with van der Waals surface area (Å²) in [5, 5.41) is 0. The number of hydrogen-bond acceptors (Lipinski definition) is 2. The lowest BCUT2D eigenvalue weighted by atomic mass is 10.1. The molecule has 0 amide bonds. The van der Waals surface area contributed by atoms with Crippen LogP contribution in [0.25, 0.3) is 0 Å². The Bertz CT molecular complexity index is 336. The molecule has 2 aliphatic rings. The van der Waals surface area contributed by atoms with Gasteiger partial charge in [-0.3, -0.25) is 4.90 Å². The zero-order chi connectivity index (χ0) is 10.3. The van der Waals surface area contributed by atoms with Gasteiger partial charge in [-0.15, -0.1) is 0 Å². The van der Waals surface area contributed by atoms with Crippen LogP contribution in [-0.4, -0.2) is 18.0 Å². The third-order valence-electron chi connectivity index (χ3n) is 3.77. The molecule has 1 aliphatic heterocycles. The Hall–Kier alpha value is -0.860. The van der Waals surface area contributed by atoms with Crippen molar-refractivity contribution < 1.29 is 0 Å². The summed E-state index contributed by atoms with van der Waals surface area (Å²) in [6.45, 7) is 4.41. The second kappa shape index (κ2) is 3.62. The van der Waals surface area contributed by atoms with Gasteiger partial charge in [0.2, 0.25) is 0 Å². The average molecular weight is 202 g/mol. The van der Waals surface area contributed by atoms with E-state index in [0.29, 0.717) is 0 Å². The molecule has 2 N–H and O–H groups in total. The van der Waals surface area contributed by atoms with Gasteiger partial charge in [0.1, 0.15) is 0 Å². The molecule has 2 heteroatoms. The molecular formula is C13H18N2. The van der Waals surface area contributed by atoms with Crippen LogP contribution in [0.4, 0.5) is 0 Å². The molecule has 1 saturated carbocycles. The van der Waals surface area contributed by atoms with Gasteiger partial charge in [0.25, 0.3) is 0 Å². The van der Waals surface area contributed by atoms with Crippen molar-refractivity contribution in [3.05, 3.63) is 35.4 Å². The summed E-state index contributed by atoms with van der Waals surface area (Å²) in [5.74, 6) is 1.69.